The molecule has 1 amide bonds. The van der Waals surface area contributed by atoms with Crippen molar-refractivity contribution >= 4 is 17.8 Å². The number of nitrogens with one attached hydrogen (secondary N) is 1. The number of aliphatic hydroxyl groups is 1. The van der Waals surface area contributed by atoms with Crippen LogP contribution in [0.3, 0.4) is 0 Å². The molecule has 3 rings (SSSR count). The van der Waals surface area contributed by atoms with Gasteiger partial charge in [-0.3, -0.25) is 9.59 Å². The molecule has 0 fully saturated rings. The summed E-state index contributed by atoms with van der Waals surface area (Å²) >= 11 is 0. The summed E-state index contributed by atoms with van der Waals surface area (Å²) in [5, 5.41) is 12.0. The van der Waals surface area contributed by atoms with Crippen molar-refractivity contribution < 1.29 is 33.6 Å². The van der Waals surface area contributed by atoms with E-state index >= 15 is 0 Å². The van der Waals surface area contributed by atoms with E-state index < -0.39 is 23.2 Å². The summed E-state index contributed by atoms with van der Waals surface area (Å²) in [4.78, 5) is 31.5. The molecule has 2 atom stereocenters. The van der Waals surface area contributed by atoms with Crippen LogP contribution in [0.1, 0.15) is 63.7 Å². The molecule has 0 unspecified atom stereocenters. The topological polar surface area (TPSA) is 116 Å². The molecule has 9 heteroatoms. The highest BCUT2D eigenvalue weighted by atomic mass is 16.6. The second-order valence-electron chi connectivity index (χ2n) is 10.4. The molecule has 1 aliphatic heterocycles. The third kappa shape index (κ3) is 8.53. The van der Waals surface area contributed by atoms with Crippen molar-refractivity contribution in [2.24, 2.45) is 4.99 Å². The van der Waals surface area contributed by atoms with E-state index in [1.165, 1.54) is 0 Å². The normalized spacial score (nSPS) is 18.7. The smallest absolute Gasteiger partial charge is 0.306 e. The fourth-order valence-corrected chi connectivity index (χ4v) is 4.25. The van der Waals surface area contributed by atoms with Gasteiger partial charge in [0.05, 0.1) is 6.61 Å². The van der Waals surface area contributed by atoms with E-state index in [-0.39, 0.29) is 25.4 Å². The number of esters is 1. The maximum absolute atomic E-state index is 13.9. The summed E-state index contributed by atoms with van der Waals surface area (Å²) in [5.41, 5.74) is -0.586. The van der Waals surface area contributed by atoms with Crippen LogP contribution < -0.4 is 10.1 Å². The quantitative estimate of drug-likeness (QED) is 0.275. The van der Waals surface area contributed by atoms with E-state index in [4.69, 9.17) is 29.0 Å². The molecular formula is C30H40N2O7. The molecule has 0 spiro atoms. The molecule has 212 valence electrons. The third-order valence-electron chi connectivity index (χ3n) is 6.07. The van der Waals surface area contributed by atoms with Gasteiger partial charge in [-0.2, -0.15) is 0 Å². The number of hydrogen-bond acceptors (Lipinski definition) is 8. The fraction of sp³-hybridized carbons (Fsp3) is 0.500. The highest BCUT2D eigenvalue weighted by molar-refractivity contribution is 6.01. The summed E-state index contributed by atoms with van der Waals surface area (Å²) in [6.07, 6.45) is 0.512. The standard InChI is InChI=1S/C30H40N2O7/c1-29(2,3)39-25(34)16-17-30(28(35)31-18-8-20-36-4)26(22-10-6-5-7-11-22)38-27(32-30)23-12-14-24(15-13-23)37-21-9-19-33/h5-7,10-15,26,33H,8-9,16-21H2,1-4H3,(H,31,35)/t26-,30-/m1/s1. The second kappa shape index (κ2) is 14.1. The Morgan fingerprint density at radius 3 is 2.41 bits per heavy atom. The van der Waals surface area contributed by atoms with Crippen LogP contribution in [-0.2, 0) is 23.8 Å². The molecule has 2 aromatic rings. The number of aliphatic hydroxyl groups excluding tert-OH is 1. The summed E-state index contributed by atoms with van der Waals surface area (Å²) in [6, 6.07) is 16.6. The molecule has 0 bridgehead atoms. The Bertz CT molecular complexity index is 1100. The summed E-state index contributed by atoms with van der Waals surface area (Å²) in [5.74, 6) is 0.225. The predicted molar refractivity (Wildman–Crippen MR) is 148 cm³/mol. The molecule has 2 aromatic carbocycles. The molecule has 0 aliphatic carbocycles. The number of amides is 1. The van der Waals surface area contributed by atoms with Gasteiger partial charge in [-0.15, -0.1) is 0 Å². The monoisotopic (exact) mass is 540 g/mol. The van der Waals surface area contributed by atoms with Crippen LogP contribution in [0, 0.1) is 0 Å². The number of nitrogens with zero attached hydrogens (tertiary/aromatic N) is 1. The summed E-state index contributed by atoms with van der Waals surface area (Å²) in [6.45, 7) is 6.78. The Morgan fingerprint density at radius 2 is 1.77 bits per heavy atom. The lowest BCUT2D eigenvalue weighted by molar-refractivity contribution is -0.155. The van der Waals surface area contributed by atoms with Crippen molar-refractivity contribution in [2.75, 3.05) is 33.5 Å². The molecule has 39 heavy (non-hydrogen) atoms. The highest BCUT2D eigenvalue weighted by Crippen LogP contribution is 2.43. The number of carbonyl (C=O) groups excluding carboxylic acids is 2. The molecular weight excluding hydrogens is 500 g/mol. The summed E-state index contributed by atoms with van der Waals surface area (Å²) < 4.78 is 22.7. The van der Waals surface area contributed by atoms with Crippen LogP contribution in [0.5, 0.6) is 5.75 Å². The summed E-state index contributed by atoms with van der Waals surface area (Å²) in [7, 11) is 1.61. The van der Waals surface area contributed by atoms with Crippen molar-refractivity contribution in [1.82, 2.24) is 5.32 Å². The fourth-order valence-electron chi connectivity index (χ4n) is 4.25. The average molecular weight is 541 g/mol. The minimum Gasteiger partial charge on any atom is -0.494 e. The minimum absolute atomic E-state index is 0.0100. The van der Waals surface area contributed by atoms with Crippen molar-refractivity contribution in [2.45, 2.75) is 63.7 Å². The van der Waals surface area contributed by atoms with Gasteiger partial charge < -0.3 is 29.4 Å². The first-order chi connectivity index (χ1) is 18.7. The van der Waals surface area contributed by atoms with Crippen molar-refractivity contribution in [3.8, 4) is 5.75 Å². The largest absolute Gasteiger partial charge is 0.494 e. The lowest BCUT2D eigenvalue weighted by Crippen LogP contribution is -2.49. The molecule has 9 nitrogen and oxygen atoms in total. The Labute approximate surface area is 230 Å². The van der Waals surface area contributed by atoms with Gasteiger partial charge in [0.25, 0.3) is 5.91 Å². The van der Waals surface area contributed by atoms with Gasteiger partial charge in [-0.05, 0) is 63.4 Å². The van der Waals surface area contributed by atoms with E-state index in [0.29, 0.717) is 49.8 Å². The van der Waals surface area contributed by atoms with Crippen LogP contribution in [-0.4, -0.2) is 67.5 Å². The average Bonchev–Trinajstić information content (AvgIpc) is 3.31. The zero-order valence-corrected chi connectivity index (χ0v) is 23.3. The van der Waals surface area contributed by atoms with Crippen LogP contribution in [0.2, 0.25) is 0 Å². The molecule has 0 radical (unpaired) electrons. The predicted octanol–water partition coefficient (Wildman–Crippen LogP) is 3.98. The molecule has 0 saturated heterocycles. The molecule has 1 heterocycles. The van der Waals surface area contributed by atoms with Crippen LogP contribution >= 0.6 is 0 Å². The van der Waals surface area contributed by atoms with Gasteiger partial charge in [-0.1, -0.05) is 30.3 Å². The van der Waals surface area contributed by atoms with Gasteiger partial charge in [0.2, 0.25) is 5.90 Å². The Morgan fingerprint density at radius 1 is 1.05 bits per heavy atom. The SMILES string of the molecule is COCCCNC(=O)[C@]1(CCC(=O)OC(C)(C)C)N=C(c2ccc(OCCCO)cc2)O[C@@H]1c1ccccc1. The number of rotatable bonds is 14. The van der Waals surface area contributed by atoms with Gasteiger partial charge in [-0.25, -0.2) is 4.99 Å². The Hall–Kier alpha value is -3.43. The van der Waals surface area contributed by atoms with Crippen molar-refractivity contribution in [1.29, 1.82) is 0 Å². The molecule has 1 aliphatic rings. The number of ether oxygens (including phenoxy) is 4. The van der Waals surface area contributed by atoms with Crippen LogP contribution in [0.25, 0.3) is 0 Å². The Kier molecular flexibility index (Phi) is 10.9. The highest BCUT2D eigenvalue weighted by Gasteiger charge is 2.53. The minimum atomic E-state index is -1.39. The molecule has 0 aromatic heterocycles. The van der Waals surface area contributed by atoms with Gasteiger partial charge in [0.1, 0.15) is 11.4 Å². The van der Waals surface area contributed by atoms with Crippen molar-refractivity contribution in [3.05, 3.63) is 65.7 Å². The van der Waals surface area contributed by atoms with E-state index in [9.17, 15) is 9.59 Å². The first kappa shape index (κ1) is 30.1. The van der Waals surface area contributed by atoms with E-state index in [1.54, 1.807) is 19.2 Å². The maximum Gasteiger partial charge on any atom is 0.306 e. The van der Waals surface area contributed by atoms with Crippen LogP contribution in [0.4, 0.5) is 0 Å². The number of hydrogen-bond donors (Lipinski definition) is 2. The van der Waals surface area contributed by atoms with E-state index in [0.717, 1.165) is 5.56 Å². The number of carbonyl (C=O) groups is 2. The molecule has 0 saturated carbocycles. The lowest BCUT2D eigenvalue weighted by atomic mass is 9.83. The lowest BCUT2D eigenvalue weighted by Gasteiger charge is -2.31. The number of methoxy groups -OCH3 is 1. The zero-order valence-electron chi connectivity index (χ0n) is 23.3. The zero-order chi connectivity index (χ0) is 28.3. The Balaban J connectivity index is 1.96. The van der Waals surface area contributed by atoms with Gasteiger partial charge in [0.15, 0.2) is 11.6 Å². The van der Waals surface area contributed by atoms with Crippen LogP contribution in [0.15, 0.2) is 59.6 Å². The third-order valence-corrected chi connectivity index (χ3v) is 6.07. The van der Waals surface area contributed by atoms with E-state index in [1.807, 2.05) is 63.2 Å². The first-order valence-electron chi connectivity index (χ1n) is 13.3. The van der Waals surface area contributed by atoms with Gasteiger partial charge in [0, 0.05) is 45.3 Å². The number of benzene rings is 2. The maximum atomic E-state index is 13.9. The number of aliphatic imine (C=N–C) groups is 1. The van der Waals surface area contributed by atoms with Gasteiger partial charge >= 0.3 is 5.97 Å². The first-order valence-corrected chi connectivity index (χ1v) is 13.3. The van der Waals surface area contributed by atoms with E-state index in [2.05, 4.69) is 5.32 Å². The molecule has 2 N–H and O–H groups in total. The second-order valence-corrected chi connectivity index (χ2v) is 10.4. The van der Waals surface area contributed by atoms with Crippen molar-refractivity contribution in [3.63, 3.8) is 0 Å².